The van der Waals surface area contributed by atoms with E-state index in [2.05, 4.69) is 37.7 Å². The Labute approximate surface area is 214 Å². The molecule has 1 N–H and O–H groups in total. The van der Waals surface area contributed by atoms with Crippen LogP contribution in [-0.4, -0.2) is 46.2 Å². The number of carbonyl (C=O) groups excluding carboxylic acids is 3. The molecule has 2 heterocycles. The van der Waals surface area contributed by atoms with Crippen LogP contribution in [0, 0.1) is 5.92 Å². The fourth-order valence-corrected chi connectivity index (χ4v) is 4.41. The maximum atomic E-state index is 14.1. The fourth-order valence-electron chi connectivity index (χ4n) is 4.41. The minimum atomic E-state index is -0.921. The number of likely N-dealkylation sites (tertiary alicyclic amines) is 1. The molecule has 1 aromatic heterocycles. The molecule has 1 aliphatic rings. The molecule has 0 spiro atoms. The van der Waals surface area contributed by atoms with Crippen LogP contribution in [0.15, 0.2) is 61.4 Å². The number of carbonyl (C=O) groups is 3. The van der Waals surface area contributed by atoms with Crippen LogP contribution in [0.3, 0.4) is 0 Å². The minimum absolute atomic E-state index is 0.0588. The van der Waals surface area contributed by atoms with Crippen molar-refractivity contribution in [2.24, 2.45) is 5.92 Å². The molecule has 0 bridgehead atoms. The normalized spacial score (nSPS) is 16.8. The van der Waals surface area contributed by atoms with E-state index in [4.69, 9.17) is 0 Å². The topological polar surface area (TPSA) is 82.6 Å². The Morgan fingerprint density at radius 2 is 1.78 bits per heavy atom. The van der Waals surface area contributed by atoms with E-state index in [0.29, 0.717) is 30.8 Å². The second kappa shape index (κ2) is 10.6. The van der Waals surface area contributed by atoms with Crippen LogP contribution in [-0.2, 0) is 19.8 Å². The van der Waals surface area contributed by atoms with E-state index in [-0.39, 0.29) is 23.1 Å². The first-order valence-corrected chi connectivity index (χ1v) is 12.4. The van der Waals surface area contributed by atoms with Gasteiger partial charge in [0.25, 0.3) is 0 Å². The highest BCUT2D eigenvalue weighted by Gasteiger charge is 2.40. The molecule has 36 heavy (non-hydrogen) atoms. The summed E-state index contributed by atoms with van der Waals surface area (Å²) >= 11 is 0. The van der Waals surface area contributed by atoms with Crippen LogP contribution in [0.25, 0.3) is 0 Å². The van der Waals surface area contributed by atoms with E-state index in [1.807, 2.05) is 51.1 Å². The molecule has 2 aromatic rings. The van der Waals surface area contributed by atoms with Crippen molar-refractivity contribution in [3.63, 3.8) is 0 Å². The Morgan fingerprint density at radius 3 is 2.31 bits per heavy atom. The van der Waals surface area contributed by atoms with E-state index in [1.165, 1.54) is 6.08 Å². The van der Waals surface area contributed by atoms with Crippen molar-refractivity contribution in [3.8, 4) is 0 Å². The van der Waals surface area contributed by atoms with Crippen molar-refractivity contribution < 1.29 is 14.4 Å². The summed E-state index contributed by atoms with van der Waals surface area (Å²) < 4.78 is 0. The molecular formula is C29H38N4O3. The Bertz CT molecular complexity index is 1100. The van der Waals surface area contributed by atoms with Crippen LogP contribution in [0.4, 0.5) is 5.69 Å². The Kier molecular flexibility index (Phi) is 8.02. The zero-order valence-corrected chi connectivity index (χ0v) is 22.2. The highest BCUT2D eigenvalue weighted by atomic mass is 16.2. The first-order chi connectivity index (χ1) is 16.8. The van der Waals surface area contributed by atoms with Gasteiger partial charge in [-0.15, -0.1) is 0 Å². The Hall–Kier alpha value is -3.48. The van der Waals surface area contributed by atoms with Gasteiger partial charge in [0.2, 0.25) is 17.7 Å². The van der Waals surface area contributed by atoms with Crippen molar-refractivity contribution in [1.29, 1.82) is 0 Å². The third kappa shape index (κ3) is 6.39. The molecule has 2 atom stereocenters. The lowest BCUT2D eigenvalue weighted by molar-refractivity contribution is -0.129. The molecule has 0 radical (unpaired) electrons. The van der Waals surface area contributed by atoms with Gasteiger partial charge in [0.1, 0.15) is 6.04 Å². The van der Waals surface area contributed by atoms with Crippen LogP contribution in [0.2, 0.25) is 0 Å². The van der Waals surface area contributed by atoms with E-state index < -0.39 is 17.5 Å². The third-order valence-electron chi connectivity index (χ3n) is 6.28. The average molecular weight is 491 g/mol. The van der Waals surface area contributed by atoms with Crippen LogP contribution < -0.4 is 10.2 Å². The lowest BCUT2D eigenvalue weighted by atomic mass is 9.87. The summed E-state index contributed by atoms with van der Waals surface area (Å²) in [6.07, 6.45) is 5.06. The summed E-state index contributed by atoms with van der Waals surface area (Å²) in [6.45, 7) is 16.4. The van der Waals surface area contributed by atoms with E-state index in [0.717, 1.165) is 5.56 Å². The monoisotopic (exact) mass is 490 g/mol. The largest absolute Gasteiger partial charge is 0.349 e. The van der Waals surface area contributed by atoms with Gasteiger partial charge in [-0.25, -0.2) is 0 Å². The predicted molar refractivity (Wildman–Crippen MR) is 142 cm³/mol. The number of benzene rings is 1. The van der Waals surface area contributed by atoms with E-state index >= 15 is 0 Å². The van der Waals surface area contributed by atoms with Crippen molar-refractivity contribution in [2.75, 3.05) is 18.0 Å². The molecule has 0 saturated carbocycles. The van der Waals surface area contributed by atoms with Crippen LogP contribution >= 0.6 is 0 Å². The van der Waals surface area contributed by atoms with Gasteiger partial charge in [0.05, 0.1) is 5.92 Å². The zero-order chi connectivity index (χ0) is 26.7. The van der Waals surface area contributed by atoms with Gasteiger partial charge >= 0.3 is 0 Å². The number of nitrogens with one attached hydrogen (secondary N) is 1. The van der Waals surface area contributed by atoms with E-state index in [1.54, 1.807) is 28.3 Å². The second-order valence-corrected chi connectivity index (χ2v) is 11.4. The summed E-state index contributed by atoms with van der Waals surface area (Å²) in [5.74, 6) is -1.12. The average Bonchev–Trinajstić information content (AvgIpc) is 3.31. The highest BCUT2D eigenvalue weighted by Crippen LogP contribution is 2.33. The SMILES string of the molecule is C=CC(=O)N1CC[C@@H](C(=O)N(c2ccc(C(C)(C)C)cc2)C(C(=O)NC(C)(C)C)c2cccnc2)C1. The highest BCUT2D eigenvalue weighted by molar-refractivity contribution is 6.03. The molecule has 3 amide bonds. The van der Waals surface area contributed by atoms with Crippen molar-refractivity contribution in [2.45, 2.75) is 65.0 Å². The molecule has 1 aliphatic heterocycles. The van der Waals surface area contributed by atoms with Gasteiger partial charge in [-0.2, -0.15) is 0 Å². The molecule has 7 heteroatoms. The van der Waals surface area contributed by atoms with Gasteiger partial charge in [-0.05, 0) is 62.4 Å². The maximum absolute atomic E-state index is 14.1. The number of anilines is 1. The van der Waals surface area contributed by atoms with Crippen molar-refractivity contribution in [3.05, 3.63) is 72.6 Å². The number of hydrogen-bond donors (Lipinski definition) is 1. The molecule has 7 nitrogen and oxygen atoms in total. The first kappa shape index (κ1) is 27.1. The molecule has 1 fully saturated rings. The summed E-state index contributed by atoms with van der Waals surface area (Å²) in [5.41, 5.74) is 1.81. The van der Waals surface area contributed by atoms with Crippen molar-refractivity contribution in [1.82, 2.24) is 15.2 Å². The molecule has 0 aliphatic carbocycles. The summed E-state index contributed by atoms with van der Waals surface area (Å²) in [6, 6.07) is 10.4. The predicted octanol–water partition coefficient (Wildman–Crippen LogP) is 4.40. The fraction of sp³-hybridized carbons (Fsp3) is 0.448. The summed E-state index contributed by atoms with van der Waals surface area (Å²) in [5, 5.41) is 3.05. The van der Waals surface area contributed by atoms with Gasteiger partial charge in [-0.1, -0.05) is 45.5 Å². The third-order valence-corrected chi connectivity index (χ3v) is 6.28. The molecule has 1 aromatic carbocycles. The summed E-state index contributed by atoms with van der Waals surface area (Å²) in [4.78, 5) is 47.5. The second-order valence-electron chi connectivity index (χ2n) is 11.4. The number of rotatable bonds is 6. The molecule has 192 valence electrons. The standard InChI is InChI=1S/C29H38N4O3/c1-8-24(34)32-17-15-21(19-32)27(36)33(23-13-11-22(12-14-23)28(2,3)4)25(20-10-9-16-30-18-20)26(35)31-29(5,6)7/h8-14,16,18,21,25H,1,15,17,19H2,2-7H3,(H,31,35)/t21-,25?/m1/s1. The zero-order valence-electron chi connectivity index (χ0n) is 22.2. The van der Waals surface area contributed by atoms with E-state index in [9.17, 15) is 14.4 Å². The van der Waals surface area contributed by atoms with Crippen molar-refractivity contribution >= 4 is 23.4 Å². The van der Waals surface area contributed by atoms with Crippen LogP contribution in [0.5, 0.6) is 0 Å². The Balaban J connectivity index is 2.10. The van der Waals surface area contributed by atoms with Gasteiger partial charge in [0.15, 0.2) is 0 Å². The van der Waals surface area contributed by atoms with Gasteiger partial charge in [-0.3, -0.25) is 24.3 Å². The Morgan fingerprint density at radius 1 is 1.11 bits per heavy atom. The number of amides is 3. The first-order valence-electron chi connectivity index (χ1n) is 12.4. The molecule has 1 saturated heterocycles. The van der Waals surface area contributed by atoms with Gasteiger partial charge < -0.3 is 10.2 Å². The summed E-state index contributed by atoms with van der Waals surface area (Å²) in [7, 11) is 0. The molecule has 3 rings (SSSR count). The quantitative estimate of drug-likeness (QED) is 0.609. The molecular weight excluding hydrogens is 452 g/mol. The lowest BCUT2D eigenvalue weighted by Gasteiger charge is -2.35. The smallest absolute Gasteiger partial charge is 0.248 e. The number of aromatic nitrogens is 1. The lowest BCUT2D eigenvalue weighted by Crippen LogP contribution is -2.51. The number of hydrogen-bond acceptors (Lipinski definition) is 4. The number of nitrogens with zero attached hydrogens (tertiary/aromatic N) is 3. The number of pyridine rings is 1. The minimum Gasteiger partial charge on any atom is -0.349 e. The maximum Gasteiger partial charge on any atom is 0.248 e. The van der Waals surface area contributed by atoms with Crippen LogP contribution in [0.1, 0.15) is 65.1 Å². The van der Waals surface area contributed by atoms with Gasteiger partial charge in [0, 0.05) is 42.3 Å². The molecule has 1 unspecified atom stereocenters.